The first-order chi connectivity index (χ1) is 11.6. The summed E-state index contributed by atoms with van der Waals surface area (Å²) in [5.41, 5.74) is 6.61. The van der Waals surface area contributed by atoms with Gasteiger partial charge in [0.1, 0.15) is 6.10 Å². The maximum atomic E-state index is 6.00. The van der Waals surface area contributed by atoms with Crippen molar-refractivity contribution in [3.05, 3.63) is 46.8 Å². The van der Waals surface area contributed by atoms with Gasteiger partial charge in [0.15, 0.2) is 0 Å². The molecular weight excluding hydrogens is 300 g/mol. The standard InChI is InChI=1S/C19H26N4O/c1-13-16(12-21-23(13)3)19-17(7-9-24-19)20-11-14-4-5-18-15(10-14)6-8-22(18)2/h4-5,10,12,17,19-20H,6-9,11H2,1-3H3/t17-,19+/m0/s1. The molecule has 1 aromatic carbocycles. The quantitative estimate of drug-likeness (QED) is 0.936. The van der Waals surface area contributed by atoms with Crippen LogP contribution in [0.25, 0.3) is 0 Å². The van der Waals surface area contributed by atoms with Crippen LogP contribution in [0, 0.1) is 6.92 Å². The third kappa shape index (κ3) is 2.72. The van der Waals surface area contributed by atoms with Crippen LogP contribution in [-0.2, 0) is 24.8 Å². The summed E-state index contributed by atoms with van der Waals surface area (Å²) in [6, 6.07) is 7.20. The molecule has 0 amide bonds. The van der Waals surface area contributed by atoms with E-state index in [0.717, 1.165) is 32.5 Å². The Morgan fingerprint density at radius 3 is 3.00 bits per heavy atom. The number of aromatic nitrogens is 2. The molecule has 2 aliphatic heterocycles. The summed E-state index contributed by atoms with van der Waals surface area (Å²) in [7, 11) is 4.15. The minimum absolute atomic E-state index is 0.110. The molecule has 0 unspecified atom stereocenters. The Kier molecular flexibility index (Phi) is 4.06. The minimum atomic E-state index is 0.110. The van der Waals surface area contributed by atoms with Gasteiger partial charge in [-0.2, -0.15) is 5.10 Å². The summed E-state index contributed by atoms with van der Waals surface area (Å²) in [4.78, 5) is 2.33. The van der Waals surface area contributed by atoms with Crippen molar-refractivity contribution in [2.24, 2.45) is 7.05 Å². The van der Waals surface area contributed by atoms with Gasteiger partial charge in [-0.3, -0.25) is 4.68 Å². The molecular formula is C19H26N4O. The van der Waals surface area contributed by atoms with Gasteiger partial charge in [0.05, 0.1) is 6.20 Å². The van der Waals surface area contributed by atoms with Crippen LogP contribution >= 0.6 is 0 Å². The molecule has 128 valence electrons. The molecule has 0 saturated carbocycles. The molecule has 5 nitrogen and oxygen atoms in total. The van der Waals surface area contributed by atoms with E-state index >= 15 is 0 Å². The molecule has 0 aliphatic carbocycles. The lowest BCUT2D eigenvalue weighted by Crippen LogP contribution is -2.31. The molecule has 1 fully saturated rings. The summed E-state index contributed by atoms with van der Waals surface area (Å²) in [5, 5.41) is 8.07. The van der Waals surface area contributed by atoms with Crippen LogP contribution in [0.5, 0.6) is 0 Å². The summed E-state index contributed by atoms with van der Waals surface area (Å²) in [6.45, 7) is 4.94. The van der Waals surface area contributed by atoms with Crippen molar-refractivity contribution >= 4 is 5.69 Å². The van der Waals surface area contributed by atoms with E-state index < -0.39 is 0 Å². The maximum absolute atomic E-state index is 6.00. The molecule has 2 atom stereocenters. The van der Waals surface area contributed by atoms with Gasteiger partial charge in [0.2, 0.25) is 0 Å². The lowest BCUT2D eigenvalue weighted by molar-refractivity contribution is 0.0979. The second-order valence-corrected chi connectivity index (χ2v) is 7.01. The summed E-state index contributed by atoms with van der Waals surface area (Å²) < 4.78 is 7.92. The molecule has 5 heteroatoms. The zero-order valence-corrected chi connectivity index (χ0v) is 14.7. The molecule has 24 heavy (non-hydrogen) atoms. The number of nitrogens with zero attached hydrogens (tertiary/aromatic N) is 3. The molecule has 2 aromatic rings. The van der Waals surface area contributed by atoms with Crippen molar-refractivity contribution in [3.8, 4) is 0 Å². The van der Waals surface area contributed by atoms with E-state index in [4.69, 9.17) is 4.74 Å². The lowest BCUT2D eigenvalue weighted by Gasteiger charge is -2.20. The summed E-state index contributed by atoms with van der Waals surface area (Å²) >= 11 is 0. The monoisotopic (exact) mass is 326 g/mol. The first-order valence-corrected chi connectivity index (χ1v) is 8.80. The van der Waals surface area contributed by atoms with E-state index in [9.17, 15) is 0 Å². The van der Waals surface area contributed by atoms with Crippen molar-refractivity contribution in [3.63, 3.8) is 0 Å². The molecule has 1 saturated heterocycles. The number of fused-ring (bicyclic) bond motifs is 1. The second kappa shape index (κ2) is 6.22. The number of aryl methyl sites for hydroxylation is 1. The van der Waals surface area contributed by atoms with Gasteiger partial charge >= 0.3 is 0 Å². The Hall–Kier alpha value is -1.85. The van der Waals surface area contributed by atoms with E-state index in [1.165, 1.54) is 28.1 Å². The summed E-state index contributed by atoms with van der Waals surface area (Å²) in [6.07, 6.45) is 4.26. The Balaban J connectivity index is 1.45. The zero-order chi connectivity index (χ0) is 16.7. The van der Waals surface area contributed by atoms with Gasteiger partial charge in [-0.15, -0.1) is 0 Å². The van der Waals surface area contributed by atoms with E-state index in [2.05, 4.69) is 47.5 Å². The van der Waals surface area contributed by atoms with Crippen LogP contribution in [0.15, 0.2) is 24.4 Å². The predicted molar refractivity (Wildman–Crippen MR) is 95.3 cm³/mol. The number of anilines is 1. The van der Waals surface area contributed by atoms with Crippen LogP contribution in [0.4, 0.5) is 5.69 Å². The number of likely N-dealkylation sites (N-methyl/N-ethyl adjacent to an activating group) is 1. The molecule has 1 aromatic heterocycles. The third-order valence-corrected chi connectivity index (χ3v) is 5.51. The normalized spacial score (nSPS) is 23.0. The van der Waals surface area contributed by atoms with Crippen molar-refractivity contribution in [1.82, 2.24) is 15.1 Å². The van der Waals surface area contributed by atoms with E-state index in [0.29, 0.717) is 6.04 Å². The minimum Gasteiger partial charge on any atom is -0.374 e. The first-order valence-electron chi connectivity index (χ1n) is 8.80. The van der Waals surface area contributed by atoms with Crippen LogP contribution < -0.4 is 10.2 Å². The topological polar surface area (TPSA) is 42.3 Å². The highest BCUT2D eigenvalue weighted by Crippen LogP contribution is 2.32. The summed E-state index contributed by atoms with van der Waals surface area (Å²) in [5.74, 6) is 0. The smallest absolute Gasteiger partial charge is 0.101 e. The van der Waals surface area contributed by atoms with Crippen molar-refractivity contribution in [2.75, 3.05) is 25.1 Å². The predicted octanol–water partition coefficient (Wildman–Crippen LogP) is 2.34. The van der Waals surface area contributed by atoms with Gasteiger partial charge in [0, 0.05) is 56.8 Å². The van der Waals surface area contributed by atoms with Gasteiger partial charge in [-0.05, 0) is 37.0 Å². The zero-order valence-electron chi connectivity index (χ0n) is 14.7. The average molecular weight is 326 g/mol. The van der Waals surface area contributed by atoms with Crippen LogP contribution in [0.1, 0.15) is 34.9 Å². The number of hydrogen-bond donors (Lipinski definition) is 1. The van der Waals surface area contributed by atoms with E-state index in [1.54, 1.807) is 0 Å². The highest BCUT2D eigenvalue weighted by molar-refractivity contribution is 5.58. The first kappa shape index (κ1) is 15.7. The highest BCUT2D eigenvalue weighted by atomic mass is 16.5. The number of ether oxygens (including phenoxy) is 1. The van der Waals surface area contributed by atoms with Gasteiger partial charge in [-0.25, -0.2) is 0 Å². The fourth-order valence-electron chi connectivity index (χ4n) is 3.88. The van der Waals surface area contributed by atoms with Gasteiger partial charge in [0.25, 0.3) is 0 Å². The number of nitrogens with one attached hydrogen (secondary N) is 1. The van der Waals surface area contributed by atoms with Gasteiger partial charge < -0.3 is 15.0 Å². The van der Waals surface area contributed by atoms with Crippen LogP contribution in [0.2, 0.25) is 0 Å². The molecule has 3 heterocycles. The molecule has 2 aliphatic rings. The average Bonchev–Trinajstić information content (AvgIpc) is 3.27. The van der Waals surface area contributed by atoms with Crippen molar-refractivity contribution < 1.29 is 4.74 Å². The highest BCUT2D eigenvalue weighted by Gasteiger charge is 2.31. The molecule has 1 N–H and O–H groups in total. The lowest BCUT2D eigenvalue weighted by atomic mass is 10.0. The molecule has 4 rings (SSSR count). The number of benzene rings is 1. The number of hydrogen-bond acceptors (Lipinski definition) is 4. The Bertz CT molecular complexity index is 739. The maximum Gasteiger partial charge on any atom is 0.101 e. The SMILES string of the molecule is Cc1c([C@H]2OCC[C@@H]2NCc2ccc3c(c2)CCN3C)cnn1C. The molecule has 0 radical (unpaired) electrons. The Labute approximate surface area is 143 Å². The third-order valence-electron chi connectivity index (χ3n) is 5.51. The molecule has 0 bridgehead atoms. The largest absolute Gasteiger partial charge is 0.374 e. The fraction of sp³-hybridized carbons (Fsp3) is 0.526. The fourth-order valence-corrected chi connectivity index (χ4v) is 3.88. The van der Waals surface area contributed by atoms with Gasteiger partial charge in [-0.1, -0.05) is 12.1 Å². The second-order valence-electron chi connectivity index (χ2n) is 7.01. The van der Waals surface area contributed by atoms with E-state index in [-0.39, 0.29) is 6.10 Å². The Morgan fingerprint density at radius 1 is 1.33 bits per heavy atom. The number of rotatable bonds is 4. The van der Waals surface area contributed by atoms with Crippen LogP contribution in [-0.4, -0.2) is 36.0 Å². The Morgan fingerprint density at radius 2 is 2.21 bits per heavy atom. The van der Waals surface area contributed by atoms with Crippen molar-refractivity contribution in [1.29, 1.82) is 0 Å². The molecule has 0 spiro atoms. The van der Waals surface area contributed by atoms with Crippen molar-refractivity contribution in [2.45, 2.75) is 38.5 Å². The van der Waals surface area contributed by atoms with Crippen LogP contribution in [0.3, 0.4) is 0 Å². The van der Waals surface area contributed by atoms with E-state index in [1.807, 2.05) is 17.9 Å².